The van der Waals surface area contributed by atoms with E-state index in [2.05, 4.69) is 5.32 Å². The Labute approximate surface area is 192 Å². The van der Waals surface area contributed by atoms with E-state index in [-0.39, 0.29) is 23.9 Å². The summed E-state index contributed by atoms with van der Waals surface area (Å²) in [5, 5.41) is 2.94. The van der Waals surface area contributed by atoms with E-state index >= 15 is 0 Å². The zero-order valence-electron chi connectivity index (χ0n) is 18.1. The Morgan fingerprint density at radius 1 is 1.00 bits per heavy atom. The fraction of sp³-hybridized carbons (Fsp3) is 0.222. The minimum Gasteiger partial charge on any atom is -0.454 e. The first-order valence-corrected chi connectivity index (χ1v) is 11.1. The van der Waals surface area contributed by atoms with Crippen molar-refractivity contribution in [1.29, 1.82) is 0 Å². The maximum absolute atomic E-state index is 12.8. The Balaban J connectivity index is 1.25. The molecule has 5 rings (SSSR count). The van der Waals surface area contributed by atoms with E-state index in [1.807, 2.05) is 54.6 Å². The lowest BCUT2D eigenvalue weighted by molar-refractivity contribution is -0.117. The van der Waals surface area contributed by atoms with Gasteiger partial charge in [0.15, 0.2) is 0 Å². The second-order valence-corrected chi connectivity index (χ2v) is 8.38. The van der Waals surface area contributed by atoms with Crippen LogP contribution in [-0.2, 0) is 22.5 Å². The number of nitrogens with one attached hydrogen (secondary N) is 1. The van der Waals surface area contributed by atoms with Crippen molar-refractivity contribution in [3.05, 3.63) is 101 Å². The molecule has 3 aromatic rings. The molecule has 0 bridgehead atoms. The summed E-state index contributed by atoms with van der Waals surface area (Å²) in [6, 6.07) is 22.4. The number of rotatable bonds is 5. The van der Waals surface area contributed by atoms with Crippen LogP contribution >= 0.6 is 0 Å². The summed E-state index contributed by atoms with van der Waals surface area (Å²) in [6.07, 6.45) is 1.66. The molecule has 0 aromatic heterocycles. The fourth-order valence-electron chi connectivity index (χ4n) is 4.39. The molecule has 6 nitrogen and oxygen atoms in total. The number of nitrogens with zero attached hydrogens (tertiary/aromatic N) is 1. The third kappa shape index (κ3) is 4.37. The summed E-state index contributed by atoms with van der Waals surface area (Å²) in [5.41, 5.74) is 4.60. The number of anilines is 1. The van der Waals surface area contributed by atoms with Crippen molar-refractivity contribution in [2.24, 2.45) is 0 Å². The first kappa shape index (κ1) is 20.9. The predicted molar refractivity (Wildman–Crippen MR) is 124 cm³/mol. The van der Waals surface area contributed by atoms with Crippen LogP contribution < -0.4 is 10.2 Å². The van der Waals surface area contributed by atoms with Gasteiger partial charge in [-0.3, -0.25) is 9.59 Å². The van der Waals surface area contributed by atoms with E-state index < -0.39 is 0 Å². The van der Waals surface area contributed by atoms with Gasteiger partial charge >= 0.3 is 5.97 Å². The molecule has 2 amide bonds. The van der Waals surface area contributed by atoms with Crippen molar-refractivity contribution in [3.8, 4) is 0 Å². The molecule has 6 heteroatoms. The van der Waals surface area contributed by atoms with Crippen LogP contribution in [-0.4, -0.2) is 24.3 Å². The fourth-order valence-corrected chi connectivity index (χ4v) is 4.39. The number of cyclic esters (lactones) is 1. The summed E-state index contributed by atoms with van der Waals surface area (Å²) in [5.74, 6) is -0.415. The van der Waals surface area contributed by atoms with Gasteiger partial charge in [0.1, 0.15) is 6.10 Å². The van der Waals surface area contributed by atoms with Crippen molar-refractivity contribution < 1.29 is 19.1 Å². The minimum atomic E-state index is -0.367. The van der Waals surface area contributed by atoms with Gasteiger partial charge in [-0.15, -0.1) is 0 Å². The van der Waals surface area contributed by atoms with E-state index in [1.165, 1.54) is 0 Å². The van der Waals surface area contributed by atoms with Crippen LogP contribution in [0.1, 0.15) is 56.4 Å². The zero-order valence-corrected chi connectivity index (χ0v) is 18.1. The maximum atomic E-state index is 12.8. The molecule has 1 N–H and O–H groups in total. The normalized spacial score (nSPS) is 17.5. The number of benzene rings is 3. The molecule has 0 aliphatic carbocycles. The molecule has 3 aromatic carbocycles. The van der Waals surface area contributed by atoms with Crippen molar-refractivity contribution >= 4 is 23.5 Å². The zero-order chi connectivity index (χ0) is 22.8. The van der Waals surface area contributed by atoms with Crippen LogP contribution in [0.4, 0.5) is 5.69 Å². The molecule has 33 heavy (non-hydrogen) atoms. The second-order valence-electron chi connectivity index (χ2n) is 8.38. The molecule has 0 saturated carbocycles. The smallest absolute Gasteiger partial charge is 0.339 e. The summed E-state index contributed by atoms with van der Waals surface area (Å²) in [7, 11) is 0. The third-order valence-electron chi connectivity index (χ3n) is 6.19. The van der Waals surface area contributed by atoms with Crippen LogP contribution in [0.5, 0.6) is 0 Å². The van der Waals surface area contributed by atoms with Crippen LogP contribution in [0.15, 0.2) is 72.8 Å². The van der Waals surface area contributed by atoms with E-state index in [1.54, 1.807) is 23.1 Å². The van der Waals surface area contributed by atoms with Crippen LogP contribution in [0.2, 0.25) is 0 Å². The quantitative estimate of drug-likeness (QED) is 0.604. The number of hydrogen-bond donors (Lipinski definition) is 1. The lowest BCUT2D eigenvalue weighted by Gasteiger charge is -2.25. The molecule has 0 unspecified atom stereocenters. The molecule has 0 spiro atoms. The number of carbonyl (C=O) groups is 3. The number of carbonyl (C=O) groups excluding carboxylic acids is 3. The molecular weight excluding hydrogens is 416 g/mol. The number of fused-ring (bicyclic) bond motifs is 1. The lowest BCUT2D eigenvalue weighted by atomic mass is 9.93. The molecule has 2 aliphatic heterocycles. The van der Waals surface area contributed by atoms with Gasteiger partial charge in [-0.25, -0.2) is 4.79 Å². The predicted octanol–water partition coefficient (Wildman–Crippen LogP) is 4.20. The summed E-state index contributed by atoms with van der Waals surface area (Å²) in [4.78, 5) is 38.9. The van der Waals surface area contributed by atoms with Gasteiger partial charge in [0.25, 0.3) is 5.91 Å². The first-order valence-electron chi connectivity index (χ1n) is 11.1. The summed E-state index contributed by atoms with van der Waals surface area (Å²) < 4.78 is 5.59. The van der Waals surface area contributed by atoms with E-state index in [0.29, 0.717) is 30.5 Å². The Bertz CT molecular complexity index is 1200. The summed E-state index contributed by atoms with van der Waals surface area (Å²) in [6.45, 7) is 1.13. The van der Waals surface area contributed by atoms with Gasteiger partial charge in [-0.2, -0.15) is 0 Å². The molecule has 2 heterocycles. The number of amides is 2. The van der Waals surface area contributed by atoms with Crippen molar-refractivity contribution in [1.82, 2.24) is 5.32 Å². The monoisotopic (exact) mass is 440 g/mol. The minimum absolute atomic E-state index is 0.154. The highest BCUT2D eigenvalue weighted by Crippen LogP contribution is 2.31. The SMILES string of the molecule is O=C(NCc1ccc(N2CCCC2=O)cc1)c1ccc2c(c1)C[C@H](c1ccccc1)OC2=O. The number of ether oxygens (including phenoxy) is 1. The van der Waals surface area contributed by atoms with Gasteiger partial charge in [-0.05, 0) is 53.4 Å². The molecule has 1 atom stereocenters. The molecule has 1 fully saturated rings. The van der Waals surface area contributed by atoms with E-state index in [0.717, 1.165) is 35.3 Å². The Morgan fingerprint density at radius 2 is 1.79 bits per heavy atom. The average Bonchev–Trinajstić information content (AvgIpc) is 3.28. The van der Waals surface area contributed by atoms with Gasteiger partial charge < -0.3 is 15.0 Å². The third-order valence-corrected chi connectivity index (χ3v) is 6.19. The highest BCUT2D eigenvalue weighted by Gasteiger charge is 2.28. The topological polar surface area (TPSA) is 75.7 Å². The Kier molecular flexibility index (Phi) is 5.65. The highest BCUT2D eigenvalue weighted by molar-refractivity contribution is 5.98. The molecule has 166 valence electrons. The number of hydrogen-bond acceptors (Lipinski definition) is 4. The molecule has 1 saturated heterocycles. The standard InChI is InChI=1S/C27H24N2O4/c30-25-7-4-14-29(25)22-11-8-18(9-12-22)17-28-26(31)20-10-13-23-21(15-20)16-24(33-27(23)32)19-5-2-1-3-6-19/h1-3,5-6,8-13,15,24H,4,7,14,16-17H2,(H,28,31)/t24-/m1/s1. The van der Waals surface area contributed by atoms with Gasteiger partial charge in [0.05, 0.1) is 5.56 Å². The lowest BCUT2D eigenvalue weighted by Crippen LogP contribution is -2.25. The summed E-state index contributed by atoms with van der Waals surface area (Å²) >= 11 is 0. The van der Waals surface area contributed by atoms with Crippen LogP contribution in [0.25, 0.3) is 0 Å². The number of esters is 1. The first-order chi connectivity index (χ1) is 16.1. The molecular formula is C27H24N2O4. The van der Waals surface area contributed by atoms with Crippen molar-refractivity contribution in [2.45, 2.75) is 31.9 Å². The highest BCUT2D eigenvalue weighted by atomic mass is 16.5. The maximum Gasteiger partial charge on any atom is 0.339 e. The van der Waals surface area contributed by atoms with Gasteiger partial charge in [-0.1, -0.05) is 42.5 Å². The van der Waals surface area contributed by atoms with E-state index in [9.17, 15) is 14.4 Å². The second kappa shape index (κ2) is 8.90. The van der Waals surface area contributed by atoms with Crippen molar-refractivity contribution in [3.63, 3.8) is 0 Å². The Morgan fingerprint density at radius 3 is 2.52 bits per heavy atom. The van der Waals surface area contributed by atoms with Crippen LogP contribution in [0.3, 0.4) is 0 Å². The van der Waals surface area contributed by atoms with Crippen LogP contribution in [0, 0.1) is 0 Å². The molecule has 2 aliphatic rings. The largest absolute Gasteiger partial charge is 0.454 e. The van der Waals surface area contributed by atoms with E-state index in [4.69, 9.17) is 4.74 Å². The van der Waals surface area contributed by atoms with Crippen molar-refractivity contribution in [2.75, 3.05) is 11.4 Å². The molecule has 0 radical (unpaired) electrons. The Hall–Kier alpha value is -3.93. The average molecular weight is 440 g/mol. The van der Waals surface area contributed by atoms with Gasteiger partial charge in [0.2, 0.25) is 5.91 Å². The van der Waals surface area contributed by atoms with Gasteiger partial charge in [0, 0.05) is 37.2 Å².